The van der Waals surface area contributed by atoms with E-state index in [0.29, 0.717) is 0 Å². The molecule has 0 spiro atoms. The first-order valence-electron chi connectivity index (χ1n) is 11.1. The fraction of sp³-hybridized carbons (Fsp3) is 0.357. The fourth-order valence-electron chi connectivity index (χ4n) is 2.79. The first-order valence-corrected chi connectivity index (χ1v) is 11.1. The van der Waals surface area contributed by atoms with E-state index in [9.17, 15) is 0 Å². The van der Waals surface area contributed by atoms with E-state index in [1.165, 1.54) is 29.5 Å². The Bertz CT molecular complexity index is 724. The highest BCUT2D eigenvalue weighted by Crippen LogP contribution is 2.15. The van der Waals surface area contributed by atoms with Crippen LogP contribution >= 0.6 is 0 Å². The number of hydrogen-bond donors (Lipinski definition) is 1. The van der Waals surface area contributed by atoms with Crippen molar-refractivity contribution in [2.45, 2.75) is 59.8 Å². The predicted octanol–water partition coefficient (Wildman–Crippen LogP) is 8.28. The van der Waals surface area contributed by atoms with E-state index in [1.807, 2.05) is 19.9 Å². The summed E-state index contributed by atoms with van der Waals surface area (Å²) in [6.45, 7) is 9.19. The van der Waals surface area contributed by atoms with Gasteiger partial charge in [0, 0.05) is 0 Å². The zero-order valence-corrected chi connectivity index (χ0v) is 19.4. The van der Waals surface area contributed by atoms with Gasteiger partial charge in [0.2, 0.25) is 0 Å². The third-order valence-corrected chi connectivity index (χ3v) is 4.44. The molecule has 0 unspecified atom stereocenters. The molecule has 2 nitrogen and oxygen atoms in total. The van der Waals surface area contributed by atoms with E-state index in [0.717, 1.165) is 31.6 Å². The number of benzene rings is 3. The van der Waals surface area contributed by atoms with Crippen LogP contribution in [-0.2, 0) is 12.8 Å². The van der Waals surface area contributed by atoms with E-state index in [1.54, 1.807) is 0 Å². The lowest BCUT2D eigenvalue weighted by molar-refractivity contribution is 0.306. The summed E-state index contributed by atoms with van der Waals surface area (Å²) in [4.78, 5) is 0. The molecule has 3 N–H and O–H groups in total. The SMILES string of the molecule is CC.CCCCCOc1ccc(Cc2ccccc2)cc1.CCc1ccccc1.N. The number of ether oxygens (including phenoxy) is 1. The topological polar surface area (TPSA) is 44.2 Å². The lowest BCUT2D eigenvalue weighted by atomic mass is 10.1. The Hall–Kier alpha value is -2.58. The largest absolute Gasteiger partial charge is 0.494 e. The highest BCUT2D eigenvalue weighted by Gasteiger charge is 1.97. The van der Waals surface area contributed by atoms with Gasteiger partial charge in [-0.05, 0) is 48.1 Å². The Morgan fingerprint density at radius 1 is 0.600 bits per heavy atom. The molecule has 0 amide bonds. The van der Waals surface area contributed by atoms with Crippen LogP contribution in [0.15, 0.2) is 84.9 Å². The zero-order chi connectivity index (χ0) is 21.2. The first-order chi connectivity index (χ1) is 14.3. The van der Waals surface area contributed by atoms with Gasteiger partial charge in [-0.3, -0.25) is 0 Å². The molecule has 3 aromatic carbocycles. The molecule has 0 aliphatic heterocycles. The van der Waals surface area contributed by atoms with Gasteiger partial charge in [0.15, 0.2) is 0 Å². The summed E-state index contributed by atoms with van der Waals surface area (Å²) < 4.78 is 5.71. The lowest BCUT2D eigenvalue weighted by Crippen LogP contribution is -1.97. The number of rotatable bonds is 8. The van der Waals surface area contributed by atoms with Crippen LogP contribution in [0.25, 0.3) is 0 Å². The van der Waals surface area contributed by atoms with Crippen molar-refractivity contribution in [3.63, 3.8) is 0 Å². The minimum Gasteiger partial charge on any atom is -0.494 e. The molecule has 0 heterocycles. The molecule has 0 bridgehead atoms. The van der Waals surface area contributed by atoms with Gasteiger partial charge in [0.25, 0.3) is 0 Å². The minimum atomic E-state index is 0. The van der Waals surface area contributed by atoms with Crippen molar-refractivity contribution in [1.82, 2.24) is 6.15 Å². The normalized spacial score (nSPS) is 9.20. The smallest absolute Gasteiger partial charge is 0.119 e. The maximum absolute atomic E-state index is 5.71. The van der Waals surface area contributed by atoms with Gasteiger partial charge in [-0.25, -0.2) is 0 Å². The second-order valence-electron chi connectivity index (χ2n) is 6.70. The Kier molecular flexibility index (Phi) is 16.9. The van der Waals surface area contributed by atoms with Gasteiger partial charge >= 0.3 is 0 Å². The van der Waals surface area contributed by atoms with Crippen molar-refractivity contribution in [2.24, 2.45) is 0 Å². The van der Waals surface area contributed by atoms with Gasteiger partial charge < -0.3 is 10.9 Å². The van der Waals surface area contributed by atoms with Crippen molar-refractivity contribution in [3.05, 3.63) is 102 Å². The number of aryl methyl sites for hydroxylation is 1. The summed E-state index contributed by atoms with van der Waals surface area (Å²) in [6, 6.07) is 29.5. The van der Waals surface area contributed by atoms with Crippen LogP contribution in [0.5, 0.6) is 5.75 Å². The maximum atomic E-state index is 5.71. The summed E-state index contributed by atoms with van der Waals surface area (Å²) >= 11 is 0. The van der Waals surface area contributed by atoms with Crippen LogP contribution < -0.4 is 10.9 Å². The van der Waals surface area contributed by atoms with E-state index in [-0.39, 0.29) is 6.15 Å². The second-order valence-corrected chi connectivity index (χ2v) is 6.70. The van der Waals surface area contributed by atoms with Crippen LogP contribution in [0.1, 0.15) is 63.6 Å². The molecule has 0 aliphatic carbocycles. The summed E-state index contributed by atoms with van der Waals surface area (Å²) in [5.74, 6) is 0.980. The molecule has 0 saturated carbocycles. The van der Waals surface area contributed by atoms with Crippen LogP contribution in [-0.4, -0.2) is 6.61 Å². The molecule has 0 radical (unpaired) electrons. The van der Waals surface area contributed by atoms with Gasteiger partial charge in [0.05, 0.1) is 6.61 Å². The molecule has 0 fully saturated rings. The molecule has 2 heteroatoms. The molecular weight excluding hydrogens is 366 g/mol. The highest BCUT2D eigenvalue weighted by molar-refractivity contribution is 5.31. The van der Waals surface area contributed by atoms with Crippen molar-refractivity contribution in [3.8, 4) is 5.75 Å². The van der Waals surface area contributed by atoms with Crippen molar-refractivity contribution in [2.75, 3.05) is 6.61 Å². The lowest BCUT2D eigenvalue weighted by Gasteiger charge is -2.07. The Morgan fingerprint density at radius 2 is 1.10 bits per heavy atom. The standard InChI is InChI=1S/C18H22O.C8H10.C2H6.H3N/c1-2-3-7-14-19-18-12-10-17(11-13-18)15-16-8-5-4-6-9-16;1-2-8-6-4-3-5-7-8;1-2;/h4-6,8-13H,2-3,7,14-15H2,1H3;3-7H,2H2,1H3;1-2H3;1H3. The zero-order valence-electron chi connectivity index (χ0n) is 19.4. The quantitative estimate of drug-likeness (QED) is 0.382. The van der Waals surface area contributed by atoms with Crippen LogP contribution in [0, 0.1) is 0 Å². The van der Waals surface area contributed by atoms with Gasteiger partial charge in [-0.2, -0.15) is 0 Å². The van der Waals surface area contributed by atoms with Gasteiger partial charge in [-0.15, -0.1) is 0 Å². The van der Waals surface area contributed by atoms with Crippen LogP contribution in [0.2, 0.25) is 0 Å². The monoisotopic (exact) mass is 407 g/mol. The van der Waals surface area contributed by atoms with E-state index >= 15 is 0 Å². The van der Waals surface area contributed by atoms with Gasteiger partial charge in [0.1, 0.15) is 5.75 Å². The first kappa shape index (κ1) is 27.4. The van der Waals surface area contributed by atoms with Crippen LogP contribution in [0.4, 0.5) is 0 Å². The predicted molar refractivity (Wildman–Crippen MR) is 133 cm³/mol. The summed E-state index contributed by atoms with van der Waals surface area (Å²) in [5, 5.41) is 0. The van der Waals surface area contributed by atoms with Crippen LogP contribution in [0.3, 0.4) is 0 Å². The second kappa shape index (κ2) is 18.4. The molecule has 164 valence electrons. The van der Waals surface area contributed by atoms with Crippen molar-refractivity contribution in [1.29, 1.82) is 0 Å². The molecule has 0 aromatic heterocycles. The molecule has 0 saturated heterocycles. The molecule has 0 aliphatic rings. The summed E-state index contributed by atoms with van der Waals surface area (Å²) in [6.07, 6.45) is 5.74. The third-order valence-electron chi connectivity index (χ3n) is 4.44. The fourth-order valence-corrected chi connectivity index (χ4v) is 2.79. The van der Waals surface area contributed by atoms with E-state index < -0.39 is 0 Å². The minimum absolute atomic E-state index is 0. The molecule has 30 heavy (non-hydrogen) atoms. The highest BCUT2D eigenvalue weighted by atomic mass is 16.5. The number of hydrogen-bond acceptors (Lipinski definition) is 2. The average Bonchev–Trinajstić information content (AvgIpc) is 2.81. The van der Waals surface area contributed by atoms with E-state index in [2.05, 4.69) is 92.7 Å². The number of unbranched alkanes of at least 4 members (excludes halogenated alkanes) is 2. The molecule has 3 aromatic rings. The molecule has 0 atom stereocenters. The average molecular weight is 408 g/mol. The molecular formula is C28H41NO. The maximum Gasteiger partial charge on any atom is 0.119 e. The van der Waals surface area contributed by atoms with Gasteiger partial charge in [-0.1, -0.05) is 113 Å². The summed E-state index contributed by atoms with van der Waals surface area (Å²) in [7, 11) is 0. The Labute approximate surface area is 184 Å². The summed E-state index contributed by atoms with van der Waals surface area (Å²) in [5.41, 5.74) is 4.08. The third kappa shape index (κ3) is 12.1. The van der Waals surface area contributed by atoms with E-state index in [4.69, 9.17) is 4.74 Å². The Balaban J connectivity index is 0.000000643. The van der Waals surface area contributed by atoms with Crippen molar-refractivity contribution >= 4 is 0 Å². The molecule has 3 rings (SSSR count). The Morgan fingerprint density at radius 3 is 1.57 bits per heavy atom. The van der Waals surface area contributed by atoms with Crippen molar-refractivity contribution < 1.29 is 4.74 Å².